The predicted octanol–water partition coefficient (Wildman–Crippen LogP) is 6.42. The summed E-state index contributed by atoms with van der Waals surface area (Å²) in [5, 5.41) is 0. The number of carbonyl (C=O) groups is 1. The summed E-state index contributed by atoms with van der Waals surface area (Å²) in [6.45, 7) is 6.17. The molecule has 138 valence electrons. The van der Waals surface area contributed by atoms with Crippen molar-refractivity contribution in [3.63, 3.8) is 0 Å². The molecule has 0 atom stereocenters. The molecule has 0 spiro atoms. The van der Waals surface area contributed by atoms with Gasteiger partial charge in [0.1, 0.15) is 9.57 Å². The van der Waals surface area contributed by atoms with Gasteiger partial charge in [-0.2, -0.15) is 0 Å². The van der Waals surface area contributed by atoms with Crippen LogP contribution in [-0.2, 0) is 5.54 Å². The van der Waals surface area contributed by atoms with E-state index in [4.69, 9.17) is 17.0 Å². The normalized spacial score (nSPS) is 14.4. The van der Waals surface area contributed by atoms with Crippen LogP contribution in [0.2, 0.25) is 0 Å². The third kappa shape index (κ3) is 2.74. The highest BCUT2D eigenvalue weighted by Gasteiger charge is 2.44. The molecule has 1 amide bonds. The van der Waals surface area contributed by atoms with Crippen LogP contribution in [-0.4, -0.2) is 13.0 Å². The van der Waals surface area contributed by atoms with Crippen LogP contribution in [0.25, 0.3) is 11.1 Å². The molecule has 1 aliphatic heterocycles. The van der Waals surface area contributed by atoms with E-state index in [1.807, 2.05) is 54.3 Å². The molecule has 3 nitrogen and oxygen atoms in total. The van der Waals surface area contributed by atoms with E-state index >= 15 is 0 Å². The lowest BCUT2D eigenvalue weighted by Crippen LogP contribution is -2.48. The van der Waals surface area contributed by atoms with Crippen LogP contribution < -0.4 is 9.64 Å². The van der Waals surface area contributed by atoms with Gasteiger partial charge in [0.2, 0.25) is 0 Å². The number of aryl methyl sites for hydroxylation is 1. The molecule has 0 fully saturated rings. The SMILES string of the molecule is COc1cccc2c1N(C(=O)c1ccc(C)cc1)C(C)(C)c1ssc(=S)c1-2. The number of hydrogen-bond acceptors (Lipinski definition) is 5. The number of benzene rings is 2. The van der Waals surface area contributed by atoms with Crippen LogP contribution in [0.3, 0.4) is 0 Å². The van der Waals surface area contributed by atoms with E-state index in [0.29, 0.717) is 11.3 Å². The second-order valence-corrected chi connectivity index (χ2v) is 9.90. The highest BCUT2D eigenvalue weighted by atomic mass is 32.9. The number of fused-ring (bicyclic) bond motifs is 3. The van der Waals surface area contributed by atoms with Gasteiger partial charge in [-0.1, -0.05) is 62.7 Å². The average molecular weight is 414 g/mol. The van der Waals surface area contributed by atoms with Crippen molar-refractivity contribution in [1.82, 2.24) is 0 Å². The third-order valence-electron chi connectivity index (χ3n) is 4.96. The topological polar surface area (TPSA) is 29.5 Å². The largest absolute Gasteiger partial charge is 0.495 e. The van der Waals surface area contributed by atoms with Crippen LogP contribution in [0.15, 0.2) is 42.5 Å². The lowest BCUT2D eigenvalue weighted by atomic mass is 9.86. The zero-order chi connectivity index (χ0) is 19.3. The van der Waals surface area contributed by atoms with E-state index in [9.17, 15) is 4.79 Å². The first-order valence-electron chi connectivity index (χ1n) is 8.58. The van der Waals surface area contributed by atoms with Crippen molar-refractivity contribution in [3.8, 4) is 16.9 Å². The highest BCUT2D eigenvalue weighted by Crippen LogP contribution is 2.55. The van der Waals surface area contributed by atoms with E-state index in [2.05, 4.69) is 13.8 Å². The van der Waals surface area contributed by atoms with Gasteiger partial charge in [0, 0.05) is 16.7 Å². The Kier molecular flexibility index (Phi) is 4.45. The van der Waals surface area contributed by atoms with Gasteiger partial charge in [0.15, 0.2) is 0 Å². The van der Waals surface area contributed by atoms with Gasteiger partial charge in [0.25, 0.3) is 5.91 Å². The number of para-hydroxylation sites is 1. The van der Waals surface area contributed by atoms with E-state index in [-0.39, 0.29) is 5.91 Å². The first-order valence-corrected chi connectivity index (χ1v) is 11.1. The lowest BCUT2D eigenvalue weighted by Gasteiger charge is -2.43. The van der Waals surface area contributed by atoms with Crippen molar-refractivity contribution in [3.05, 3.63) is 62.3 Å². The number of nitrogens with zero attached hydrogens (tertiary/aromatic N) is 1. The van der Waals surface area contributed by atoms with Gasteiger partial charge in [-0.15, -0.1) is 0 Å². The summed E-state index contributed by atoms with van der Waals surface area (Å²) in [5.74, 6) is 0.637. The van der Waals surface area contributed by atoms with Crippen molar-refractivity contribution in [1.29, 1.82) is 0 Å². The Labute approximate surface area is 171 Å². The number of methoxy groups -OCH3 is 1. The Morgan fingerprint density at radius 1 is 1.11 bits per heavy atom. The number of hydrogen-bond donors (Lipinski definition) is 0. The van der Waals surface area contributed by atoms with Gasteiger partial charge in [-0.05, 0) is 39.0 Å². The van der Waals surface area contributed by atoms with Crippen LogP contribution in [0, 0.1) is 10.7 Å². The quantitative estimate of drug-likeness (QED) is 0.359. The summed E-state index contributed by atoms with van der Waals surface area (Å²) < 4.78 is 6.51. The second kappa shape index (κ2) is 6.55. The van der Waals surface area contributed by atoms with E-state index in [1.165, 1.54) is 0 Å². The van der Waals surface area contributed by atoms with Crippen molar-refractivity contribution in [2.45, 2.75) is 26.3 Å². The van der Waals surface area contributed by atoms with Crippen LogP contribution in [0.1, 0.15) is 34.6 Å². The molecule has 6 heteroatoms. The molecule has 1 aromatic heterocycles. The molecular weight excluding hydrogens is 394 g/mol. The molecule has 0 bridgehead atoms. The first-order chi connectivity index (χ1) is 12.9. The summed E-state index contributed by atoms with van der Waals surface area (Å²) in [6.07, 6.45) is 0. The van der Waals surface area contributed by atoms with E-state index in [1.54, 1.807) is 27.8 Å². The first kappa shape index (κ1) is 18.3. The zero-order valence-electron chi connectivity index (χ0n) is 15.5. The maximum atomic E-state index is 13.6. The fourth-order valence-electron chi connectivity index (χ4n) is 3.58. The number of anilines is 1. The highest BCUT2D eigenvalue weighted by molar-refractivity contribution is 7.80. The van der Waals surface area contributed by atoms with Crippen molar-refractivity contribution in [2.75, 3.05) is 12.0 Å². The fourth-order valence-corrected chi connectivity index (χ4v) is 6.86. The minimum absolute atomic E-state index is 0.0410. The Morgan fingerprint density at radius 2 is 1.81 bits per heavy atom. The molecule has 1 aliphatic rings. The summed E-state index contributed by atoms with van der Waals surface area (Å²) in [6, 6.07) is 13.6. The van der Waals surface area contributed by atoms with Crippen molar-refractivity contribution < 1.29 is 9.53 Å². The molecule has 0 saturated heterocycles. The number of amides is 1. The van der Waals surface area contributed by atoms with Crippen LogP contribution in [0.5, 0.6) is 5.75 Å². The number of ether oxygens (including phenoxy) is 1. The van der Waals surface area contributed by atoms with Gasteiger partial charge < -0.3 is 4.74 Å². The summed E-state index contributed by atoms with van der Waals surface area (Å²) in [5.41, 5.74) is 4.07. The summed E-state index contributed by atoms with van der Waals surface area (Å²) in [4.78, 5) is 16.6. The molecule has 0 unspecified atom stereocenters. The predicted molar refractivity (Wildman–Crippen MR) is 116 cm³/mol. The molecule has 0 saturated carbocycles. The maximum Gasteiger partial charge on any atom is 0.259 e. The molecule has 4 rings (SSSR count). The monoisotopic (exact) mass is 413 g/mol. The molecular formula is C21H19NO2S3. The Morgan fingerprint density at radius 3 is 2.48 bits per heavy atom. The summed E-state index contributed by atoms with van der Waals surface area (Å²) >= 11 is 5.63. The van der Waals surface area contributed by atoms with Crippen LogP contribution in [0.4, 0.5) is 5.69 Å². The molecule has 0 aliphatic carbocycles. The number of carbonyl (C=O) groups excluding carboxylic acids is 1. The molecule has 2 heterocycles. The minimum Gasteiger partial charge on any atom is -0.495 e. The Hall–Kier alpha value is -2.02. The Bertz CT molecular complexity index is 1090. The third-order valence-corrected chi connectivity index (χ3v) is 8.29. The van der Waals surface area contributed by atoms with Gasteiger partial charge >= 0.3 is 0 Å². The fraction of sp³-hybridized carbons (Fsp3) is 0.238. The van der Waals surface area contributed by atoms with E-state index < -0.39 is 5.54 Å². The second-order valence-electron chi connectivity index (χ2n) is 7.08. The molecule has 2 aromatic carbocycles. The molecule has 3 aromatic rings. The van der Waals surface area contributed by atoms with Crippen LogP contribution >= 0.6 is 32.9 Å². The molecule has 0 N–H and O–H groups in total. The van der Waals surface area contributed by atoms with E-state index in [0.717, 1.165) is 31.1 Å². The summed E-state index contributed by atoms with van der Waals surface area (Å²) in [7, 11) is 4.88. The zero-order valence-corrected chi connectivity index (χ0v) is 18.0. The van der Waals surface area contributed by atoms with Crippen molar-refractivity contribution in [2.24, 2.45) is 0 Å². The smallest absolute Gasteiger partial charge is 0.259 e. The minimum atomic E-state index is -0.531. The molecule has 0 radical (unpaired) electrons. The van der Waals surface area contributed by atoms with Gasteiger partial charge in [-0.3, -0.25) is 9.69 Å². The number of rotatable bonds is 2. The molecule has 27 heavy (non-hydrogen) atoms. The standard InChI is InChI=1S/C21H19NO2S3/c1-12-8-10-13(11-9-12)19(23)22-17-14(6-5-7-15(17)24-4)16-18(21(22,2)3)26-27-20(16)25/h5-11H,1-4H3. The van der Waals surface area contributed by atoms with Gasteiger partial charge in [-0.25, -0.2) is 0 Å². The maximum absolute atomic E-state index is 13.6. The lowest BCUT2D eigenvalue weighted by molar-refractivity contribution is 0.0960. The van der Waals surface area contributed by atoms with Gasteiger partial charge in [0.05, 0.1) is 23.2 Å². The van der Waals surface area contributed by atoms with Crippen molar-refractivity contribution >= 4 is 44.5 Å². The average Bonchev–Trinajstić information content (AvgIpc) is 3.04. The Balaban J connectivity index is 2.01.